The van der Waals surface area contributed by atoms with Crippen molar-refractivity contribution in [3.05, 3.63) is 89.7 Å². The van der Waals surface area contributed by atoms with Crippen molar-refractivity contribution < 1.29 is 18.8 Å². The first-order valence-corrected chi connectivity index (χ1v) is 8.77. The third kappa shape index (κ3) is 5.26. The fraction of sp³-hybridized carbons (Fsp3) is 0.0455. The van der Waals surface area contributed by atoms with E-state index < -0.39 is 11.7 Å². The van der Waals surface area contributed by atoms with Gasteiger partial charge in [0.15, 0.2) is 0 Å². The van der Waals surface area contributed by atoms with Gasteiger partial charge in [0.1, 0.15) is 5.82 Å². The predicted octanol–water partition coefficient (Wildman–Crippen LogP) is 4.29. The molecule has 0 heterocycles. The van der Waals surface area contributed by atoms with E-state index in [4.69, 9.17) is 0 Å². The summed E-state index contributed by atoms with van der Waals surface area (Å²) in [5.41, 5.74) is 1.64. The molecule has 0 aliphatic carbocycles. The first kappa shape index (κ1) is 19.8. The first-order valence-electron chi connectivity index (χ1n) is 8.77. The predicted molar refractivity (Wildman–Crippen MR) is 109 cm³/mol. The van der Waals surface area contributed by atoms with Crippen LogP contribution in [0, 0.1) is 5.82 Å². The molecule has 0 bridgehead atoms. The maximum absolute atomic E-state index is 14.0. The smallest absolute Gasteiger partial charge is 0.255 e. The highest BCUT2D eigenvalue weighted by molar-refractivity contribution is 6.06. The molecular formula is C22H18FN3O3. The van der Waals surface area contributed by atoms with Gasteiger partial charge in [-0.2, -0.15) is 0 Å². The topological polar surface area (TPSA) is 87.3 Å². The number of amides is 3. The Morgan fingerprint density at radius 1 is 0.690 bits per heavy atom. The van der Waals surface area contributed by atoms with Crippen molar-refractivity contribution in [1.82, 2.24) is 0 Å². The Balaban J connectivity index is 1.68. The Labute approximate surface area is 166 Å². The quantitative estimate of drug-likeness (QED) is 0.606. The average Bonchev–Trinajstić information content (AvgIpc) is 2.71. The zero-order valence-corrected chi connectivity index (χ0v) is 15.5. The van der Waals surface area contributed by atoms with Gasteiger partial charge in [0.25, 0.3) is 11.8 Å². The zero-order chi connectivity index (χ0) is 20.8. The summed E-state index contributed by atoms with van der Waals surface area (Å²) in [6.45, 7) is 1.33. The number of hydrogen-bond acceptors (Lipinski definition) is 3. The van der Waals surface area contributed by atoms with Crippen LogP contribution in [0.2, 0.25) is 0 Å². The zero-order valence-electron chi connectivity index (χ0n) is 15.5. The van der Waals surface area contributed by atoms with Crippen molar-refractivity contribution in [2.75, 3.05) is 16.0 Å². The number of rotatable bonds is 5. The summed E-state index contributed by atoms with van der Waals surface area (Å²) in [7, 11) is 0. The van der Waals surface area contributed by atoms with E-state index in [2.05, 4.69) is 16.0 Å². The number of hydrogen-bond donors (Lipinski definition) is 3. The molecule has 0 spiro atoms. The Morgan fingerprint density at radius 3 is 1.93 bits per heavy atom. The lowest BCUT2D eigenvalue weighted by molar-refractivity contribution is -0.114. The molecule has 0 aliphatic rings. The molecule has 3 rings (SSSR count). The van der Waals surface area contributed by atoms with Gasteiger partial charge in [0.05, 0.1) is 5.69 Å². The van der Waals surface area contributed by atoms with Gasteiger partial charge in [0, 0.05) is 29.4 Å². The Kier molecular flexibility index (Phi) is 5.99. The highest BCUT2D eigenvalue weighted by atomic mass is 19.1. The fourth-order valence-corrected chi connectivity index (χ4v) is 2.59. The van der Waals surface area contributed by atoms with Crippen LogP contribution in [0.25, 0.3) is 0 Å². The molecular weight excluding hydrogens is 373 g/mol. The molecule has 3 N–H and O–H groups in total. The SMILES string of the molecule is CC(=O)Nc1ccc(F)c(NC(=O)c2ccc(NC(=O)c3ccccc3)cc2)c1. The first-order chi connectivity index (χ1) is 13.9. The highest BCUT2D eigenvalue weighted by Crippen LogP contribution is 2.21. The Morgan fingerprint density at radius 2 is 1.28 bits per heavy atom. The average molecular weight is 391 g/mol. The van der Waals surface area contributed by atoms with Crippen LogP contribution in [0.5, 0.6) is 0 Å². The van der Waals surface area contributed by atoms with E-state index in [1.54, 1.807) is 36.4 Å². The second-order valence-corrected chi connectivity index (χ2v) is 6.23. The minimum absolute atomic E-state index is 0.0530. The van der Waals surface area contributed by atoms with E-state index in [9.17, 15) is 18.8 Å². The Bertz CT molecular complexity index is 1050. The van der Waals surface area contributed by atoms with Gasteiger partial charge in [-0.25, -0.2) is 4.39 Å². The molecule has 6 nitrogen and oxygen atoms in total. The van der Waals surface area contributed by atoms with Gasteiger partial charge in [-0.1, -0.05) is 18.2 Å². The van der Waals surface area contributed by atoms with Crippen LogP contribution < -0.4 is 16.0 Å². The molecule has 146 valence electrons. The second kappa shape index (κ2) is 8.79. The van der Waals surface area contributed by atoms with Gasteiger partial charge in [0.2, 0.25) is 5.91 Å². The molecule has 0 saturated carbocycles. The summed E-state index contributed by atoms with van der Waals surface area (Å²) in [6, 6.07) is 18.8. The molecule has 0 atom stereocenters. The van der Waals surface area contributed by atoms with E-state index in [1.165, 1.54) is 31.2 Å². The van der Waals surface area contributed by atoms with E-state index in [-0.39, 0.29) is 23.1 Å². The maximum Gasteiger partial charge on any atom is 0.255 e. The molecule has 0 unspecified atom stereocenters. The van der Waals surface area contributed by atoms with Gasteiger partial charge in [-0.3, -0.25) is 14.4 Å². The molecule has 0 aromatic heterocycles. The van der Waals surface area contributed by atoms with Crippen molar-refractivity contribution in [3.8, 4) is 0 Å². The molecule has 29 heavy (non-hydrogen) atoms. The van der Waals surface area contributed by atoms with Crippen molar-refractivity contribution in [1.29, 1.82) is 0 Å². The largest absolute Gasteiger partial charge is 0.326 e. The van der Waals surface area contributed by atoms with Gasteiger partial charge >= 0.3 is 0 Å². The number of benzene rings is 3. The summed E-state index contributed by atoms with van der Waals surface area (Å²) < 4.78 is 14.0. The van der Waals surface area contributed by atoms with Crippen LogP contribution in [0.15, 0.2) is 72.8 Å². The molecule has 3 aromatic rings. The normalized spacial score (nSPS) is 10.1. The second-order valence-electron chi connectivity index (χ2n) is 6.23. The molecule has 7 heteroatoms. The lowest BCUT2D eigenvalue weighted by atomic mass is 10.1. The number of carbonyl (C=O) groups is 3. The lowest BCUT2D eigenvalue weighted by Gasteiger charge is -2.10. The summed E-state index contributed by atoms with van der Waals surface area (Å²) in [6.07, 6.45) is 0. The molecule has 3 aromatic carbocycles. The van der Waals surface area contributed by atoms with Crippen molar-refractivity contribution in [3.63, 3.8) is 0 Å². The third-order valence-corrected chi connectivity index (χ3v) is 3.98. The van der Waals surface area contributed by atoms with Crippen LogP contribution in [0.1, 0.15) is 27.6 Å². The molecule has 3 amide bonds. The summed E-state index contributed by atoms with van der Waals surface area (Å²) in [4.78, 5) is 35.7. The van der Waals surface area contributed by atoms with E-state index >= 15 is 0 Å². The van der Waals surface area contributed by atoms with Crippen LogP contribution in [0.4, 0.5) is 21.5 Å². The molecule has 0 saturated heterocycles. The summed E-state index contributed by atoms with van der Waals surface area (Å²) >= 11 is 0. The summed E-state index contributed by atoms with van der Waals surface area (Å²) in [5, 5.41) is 7.74. The van der Waals surface area contributed by atoms with Crippen LogP contribution >= 0.6 is 0 Å². The fourth-order valence-electron chi connectivity index (χ4n) is 2.59. The van der Waals surface area contributed by atoms with Crippen LogP contribution in [0.3, 0.4) is 0 Å². The Hall–Kier alpha value is -4.00. The van der Waals surface area contributed by atoms with Gasteiger partial charge in [-0.05, 0) is 54.6 Å². The summed E-state index contributed by atoms with van der Waals surface area (Å²) in [5.74, 6) is -1.72. The van der Waals surface area contributed by atoms with Gasteiger partial charge in [-0.15, -0.1) is 0 Å². The van der Waals surface area contributed by atoms with Crippen molar-refractivity contribution in [2.45, 2.75) is 6.92 Å². The standard InChI is InChI=1S/C22H18FN3O3/c1-14(27)24-18-11-12-19(23)20(13-18)26-22(29)16-7-9-17(10-8-16)25-21(28)15-5-3-2-4-6-15/h2-13H,1H3,(H,24,27)(H,25,28)(H,26,29). The highest BCUT2D eigenvalue weighted by Gasteiger charge is 2.11. The number of anilines is 3. The van der Waals surface area contributed by atoms with Crippen molar-refractivity contribution >= 4 is 34.8 Å². The monoisotopic (exact) mass is 391 g/mol. The lowest BCUT2D eigenvalue weighted by Crippen LogP contribution is -2.15. The number of halogens is 1. The number of carbonyl (C=O) groups excluding carboxylic acids is 3. The van der Waals surface area contributed by atoms with E-state index in [0.717, 1.165) is 6.07 Å². The van der Waals surface area contributed by atoms with E-state index in [0.29, 0.717) is 16.9 Å². The minimum atomic E-state index is -0.626. The van der Waals surface area contributed by atoms with Crippen molar-refractivity contribution in [2.24, 2.45) is 0 Å². The number of nitrogens with one attached hydrogen (secondary N) is 3. The molecule has 0 radical (unpaired) electrons. The molecule has 0 fully saturated rings. The van der Waals surface area contributed by atoms with Gasteiger partial charge < -0.3 is 16.0 Å². The molecule has 0 aliphatic heterocycles. The third-order valence-electron chi connectivity index (χ3n) is 3.98. The maximum atomic E-state index is 14.0. The minimum Gasteiger partial charge on any atom is -0.326 e. The van der Waals surface area contributed by atoms with Crippen LogP contribution in [-0.2, 0) is 4.79 Å². The van der Waals surface area contributed by atoms with E-state index in [1.807, 2.05) is 6.07 Å². The van der Waals surface area contributed by atoms with Crippen LogP contribution in [-0.4, -0.2) is 17.7 Å².